The summed E-state index contributed by atoms with van der Waals surface area (Å²) in [6, 6.07) is 12.7. The first kappa shape index (κ1) is 14.0. The van der Waals surface area contributed by atoms with E-state index >= 15 is 0 Å². The zero-order valence-corrected chi connectivity index (χ0v) is 13.0. The second-order valence-electron chi connectivity index (χ2n) is 5.12. The molecule has 108 valence electrons. The Morgan fingerprint density at radius 1 is 1.14 bits per heavy atom. The predicted octanol–water partition coefficient (Wildman–Crippen LogP) is 3.41. The van der Waals surface area contributed by atoms with Gasteiger partial charge in [-0.1, -0.05) is 18.2 Å². The first-order valence-corrected chi connectivity index (χ1v) is 7.77. The maximum Gasteiger partial charge on any atom is 0.137 e. The van der Waals surface area contributed by atoms with E-state index in [1.54, 1.807) is 17.7 Å². The molecule has 0 spiro atoms. The monoisotopic (exact) mass is 298 g/mol. The summed E-state index contributed by atoms with van der Waals surface area (Å²) in [5, 5.41) is 6.65. The molecule has 0 fully saturated rings. The third-order valence-electron chi connectivity index (χ3n) is 3.50. The van der Waals surface area contributed by atoms with Gasteiger partial charge in [-0.2, -0.15) is 0 Å². The molecule has 0 unspecified atom stereocenters. The maximum atomic E-state index is 4.38. The van der Waals surface area contributed by atoms with Crippen LogP contribution >= 0.6 is 11.3 Å². The SMILES string of the molecule is CN(C)[C@H](CNc1ncnc2ccccc12)c1cccs1. The number of anilines is 1. The highest BCUT2D eigenvalue weighted by atomic mass is 32.1. The Kier molecular flexibility index (Phi) is 4.13. The van der Waals surface area contributed by atoms with E-state index in [4.69, 9.17) is 0 Å². The molecule has 0 radical (unpaired) electrons. The highest BCUT2D eigenvalue weighted by Crippen LogP contribution is 2.25. The predicted molar refractivity (Wildman–Crippen MR) is 88.8 cm³/mol. The summed E-state index contributed by atoms with van der Waals surface area (Å²) in [5.41, 5.74) is 0.965. The number of aromatic nitrogens is 2. The molecule has 1 atom stereocenters. The van der Waals surface area contributed by atoms with Crippen molar-refractivity contribution in [1.82, 2.24) is 14.9 Å². The van der Waals surface area contributed by atoms with Crippen molar-refractivity contribution < 1.29 is 0 Å². The highest BCUT2D eigenvalue weighted by molar-refractivity contribution is 7.10. The Hall–Kier alpha value is -1.98. The zero-order chi connectivity index (χ0) is 14.7. The van der Waals surface area contributed by atoms with E-state index in [1.165, 1.54) is 4.88 Å². The van der Waals surface area contributed by atoms with Crippen molar-refractivity contribution in [1.29, 1.82) is 0 Å². The summed E-state index contributed by atoms with van der Waals surface area (Å²) in [6.07, 6.45) is 1.61. The van der Waals surface area contributed by atoms with Gasteiger partial charge in [0.2, 0.25) is 0 Å². The van der Waals surface area contributed by atoms with Crippen molar-refractivity contribution in [2.24, 2.45) is 0 Å². The Morgan fingerprint density at radius 2 is 2.00 bits per heavy atom. The first-order chi connectivity index (χ1) is 10.3. The maximum absolute atomic E-state index is 4.38. The van der Waals surface area contributed by atoms with Crippen molar-refractivity contribution in [3.8, 4) is 0 Å². The molecule has 0 saturated heterocycles. The van der Waals surface area contributed by atoms with Crippen LogP contribution in [0.5, 0.6) is 0 Å². The minimum atomic E-state index is 0.332. The molecule has 0 aliphatic rings. The van der Waals surface area contributed by atoms with Crippen LogP contribution in [0.25, 0.3) is 10.9 Å². The number of fused-ring (bicyclic) bond motifs is 1. The summed E-state index contributed by atoms with van der Waals surface area (Å²) in [5.74, 6) is 0.893. The molecule has 1 aromatic carbocycles. The van der Waals surface area contributed by atoms with Crippen LogP contribution in [-0.2, 0) is 0 Å². The topological polar surface area (TPSA) is 41.0 Å². The molecule has 2 heterocycles. The van der Waals surface area contributed by atoms with Crippen molar-refractivity contribution in [2.45, 2.75) is 6.04 Å². The second-order valence-corrected chi connectivity index (χ2v) is 6.09. The van der Waals surface area contributed by atoms with Crippen molar-refractivity contribution in [2.75, 3.05) is 26.0 Å². The Bertz CT molecular complexity index is 704. The Labute approximate surface area is 128 Å². The van der Waals surface area contributed by atoms with Crippen LogP contribution < -0.4 is 5.32 Å². The number of para-hydroxylation sites is 1. The van der Waals surface area contributed by atoms with Gasteiger partial charge in [0.05, 0.1) is 11.6 Å². The molecule has 3 rings (SSSR count). The van der Waals surface area contributed by atoms with Gasteiger partial charge in [0.25, 0.3) is 0 Å². The lowest BCUT2D eigenvalue weighted by Gasteiger charge is -2.24. The van der Waals surface area contributed by atoms with E-state index in [1.807, 2.05) is 24.3 Å². The van der Waals surface area contributed by atoms with E-state index < -0.39 is 0 Å². The number of benzene rings is 1. The fraction of sp³-hybridized carbons (Fsp3) is 0.250. The molecule has 0 aliphatic heterocycles. The normalized spacial score (nSPS) is 12.7. The Balaban J connectivity index is 1.82. The summed E-state index contributed by atoms with van der Waals surface area (Å²) in [6.45, 7) is 0.814. The zero-order valence-electron chi connectivity index (χ0n) is 12.2. The average Bonchev–Trinajstić information content (AvgIpc) is 3.01. The summed E-state index contributed by atoms with van der Waals surface area (Å²) in [7, 11) is 4.20. The van der Waals surface area contributed by atoms with Crippen LogP contribution in [-0.4, -0.2) is 35.5 Å². The van der Waals surface area contributed by atoms with Crippen LogP contribution in [0.3, 0.4) is 0 Å². The minimum Gasteiger partial charge on any atom is -0.368 e. The third kappa shape index (κ3) is 3.04. The lowest BCUT2D eigenvalue weighted by molar-refractivity contribution is 0.316. The molecule has 0 saturated carbocycles. The van der Waals surface area contributed by atoms with Gasteiger partial charge in [0.15, 0.2) is 0 Å². The molecule has 5 heteroatoms. The lowest BCUT2D eigenvalue weighted by atomic mass is 10.2. The standard InChI is InChI=1S/C16H18N4S/c1-20(2)14(15-8-5-9-21-15)10-17-16-12-6-3-4-7-13(12)18-11-19-16/h3-9,11,14H,10H2,1-2H3,(H,17,18,19)/t14-/m1/s1. The lowest BCUT2D eigenvalue weighted by Crippen LogP contribution is -2.26. The summed E-state index contributed by atoms with van der Waals surface area (Å²) < 4.78 is 0. The number of rotatable bonds is 5. The smallest absolute Gasteiger partial charge is 0.137 e. The fourth-order valence-corrected chi connectivity index (χ4v) is 3.28. The molecular formula is C16H18N4S. The molecule has 0 aliphatic carbocycles. The first-order valence-electron chi connectivity index (χ1n) is 6.89. The van der Waals surface area contributed by atoms with Crippen LogP contribution in [0.2, 0.25) is 0 Å². The molecule has 21 heavy (non-hydrogen) atoms. The number of nitrogens with zero attached hydrogens (tertiary/aromatic N) is 3. The van der Waals surface area contributed by atoms with E-state index in [9.17, 15) is 0 Å². The van der Waals surface area contributed by atoms with Gasteiger partial charge < -0.3 is 10.2 Å². The minimum absolute atomic E-state index is 0.332. The van der Waals surface area contributed by atoms with Crippen molar-refractivity contribution >= 4 is 28.1 Å². The second kappa shape index (κ2) is 6.20. The third-order valence-corrected chi connectivity index (χ3v) is 4.47. The number of hydrogen-bond acceptors (Lipinski definition) is 5. The van der Waals surface area contributed by atoms with E-state index in [0.717, 1.165) is 23.3 Å². The van der Waals surface area contributed by atoms with Crippen LogP contribution in [0, 0.1) is 0 Å². The van der Waals surface area contributed by atoms with E-state index in [-0.39, 0.29) is 0 Å². The van der Waals surface area contributed by atoms with Gasteiger partial charge in [-0.3, -0.25) is 0 Å². The van der Waals surface area contributed by atoms with E-state index in [0.29, 0.717) is 6.04 Å². The average molecular weight is 298 g/mol. The van der Waals surface area contributed by atoms with Gasteiger partial charge >= 0.3 is 0 Å². The molecule has 0 bridgehead atoms. The molecule has 1 N–H and O–H groups in total. The van der Waals surface area contributed by atoms with Gasteiger partial charge in [0.1, 0.15) is 12.1 Å². The molecular weight excluding hydrogens is 280 g/mol. The van der Waals surface area contributed by atoms with Gasteiger partial charge in [0, 0.05) is 16.8 Å². The number of nitrogens with one attached hydrogen (secondary N) is 1. The largest absolute Gasteiger partial charge is 0.368 e. The van der Waals surface area contributed by atoms with E-state index in [2.05, 4.69) is 51.8 Å². The number of hydrogen-bond donors (Lipinski definition) is 1. The van der Waals surface area contributed by atoms with Crippen LogP contribution in [0.1, 0.15) is 10.9 Å². The van der Waals surface area contributed by atoms with Crippen molar-refractivity contribution in [3.63, 3.8) is 0 Å². The molecule has 4 nitrogen and oxygen atoms in total. The van der Waals surface area contributed by atoms with Crippen molar-refractivity contribution in [3.05, 3.63) is 53.0 Å². The van der Waals surface area contributed by atoms with Gasteiger partial charge in [-0.25, -0.2) is 9.97 Å². The fourth-order valence-electron chi connectivity index (χ4n) is 2.36. The van der Waals surface area contributed by atoms with Gasteiger partial charge in [-0.05, 0) is 37.7 Å². The van der Waals surface area contributed by atoms with Crippen LogP contribution in [0.15, 0.2) is 48.1 Å². The summed E-state index contributed by atoms with van der Waals surface area (Å²) >= 11 is 1.78. The number of thiophene rings is 1. The molecule has 2 aromatic heterocycles. The highest BCUT2D eigenvalue weighted by Gasteiger charge is 2.15. The Morgan fingerprint density at radius 3 is 2.76 bits per heavy atom. The quantitative estimate of drug-likeness (QED) is 0.784. The molecule has 0 amide bonds. The van der Waals surface area contributed by atoms with Gasteiger partial charge in [-0.15, -0.1) is 11.3 Å². The number of likely N-dealkylation sites (N-methyl/N-ethyl adjacent to an activating group) is 1. The molecule has 3 aromatic rings. The van der Waals surface area contributed by atoms with Crippen LogP contribution in [0.4, 0.5) is 5.82 Å². The summed E-state index contributed by atoms with van der Waals surface area (Å²) in [4.78, 5) is 12.3.